The molecule has 2 aromatic heterocycles. The molecule has 3 heterocycles. The van der Waals surface area contributed by atoms with Gasteiger partial charge in [-0.15, -0.1) is 10.2 Å². The zero-order valence-electron chi connectivity index (χ0n) is 16.0. The fourth-order valence-electron chi connectivity index (χ4n) is 4.15. The van der Waals surface area contributed by atoms with Crippen molar-refractivity contribution in [2.45, 2.75) is 32.8 Å². The molecular formula is C22H22FN5O. The predicted octanol–water partition coefficient (Wildman–Crippen LogP) is 2.93. The van der Waals surface area contributed by atoms with E-state index in [1.165, 1.54) is 17.0 Å². The first kappa shape index (κ1) is 18.0. The minimum absolute atomic E-state index is 0.0868. The van der Waals surface area contributed by atoms with Crippen LogP contribution in [0.25, 0.3) is 10.9 Å². The lowest BCUT2D eigenvalue weighted by molar-refractivity contribution is 0.200. The molecule has 0 amide bonds. The van der Waals surface area contributed by atoms with Crippen LogP contribution in [0, 0.1) is 5.82 Å². The summed E-state index contributed by atoms with van der Waals surface area (Å²) in [6.45, 7) is 3.53. The van der Waals surface area contributed by atoms with Crippen molar-refractivity contribution in [2.24, 2.45) is 0 Å². The van der Waals surface area contributed by atoms with Crippen molar-refractivity contribution >= 4 is 10.9 Å². The summed E-state index contributed by atoms with van der Waals surface area (Å²) in [5, 5.41) is 18.8. The minimum Gasteiger partial charge on any atom is -0.388 e. The Bertz CT molecular complexity index is 1170. The summed E-state index contributed by atoms with van der Waals surface area (Å²) in [5.41, 5.74) is 3.00. The molecule has 1 aliphatic rings. The van der Waals surface area contributed by atoms with Gasteiger partial charge in [-0.2, -0.15) is 0 Å². The van der Waals surface area contributed by atoms with Crippen molar-refractivity contribution < 1.29 is 9.50 Å². The molecule has 0 spiro atoms. The maximum Gasteiger partial charge on any atom is 0.158 e. The van der Waals surface area contributed by atoms with E-state index < -0.39 is 0 Å². The van der Waals surface area contributed by atoms with Crippen LogP contribution in [0.5, 0.6) is 0 Å². The van der Waals surface area contributed by atoms with Crippen LogP contribution >= 0.6 is 0 Å². The molecule has 148 valence electrons. The van der Waals surface area contributed by atoms with Crippen molar-refractivity contribution in [1.29, 1.82) is 0 Å². The van der Waals surface area contributed by atoms with E-state index in [4.69, 9.17) is 0 Å². The summed E-state index contributed by atoms with van der Waals surface area (Å²) in [7, 11) is 0. The summed E-state index contributed by atoms with van der Waals surface area (Å²) in [6.07, 6.45) is 2.13. The van der Waals surface area contributed by atoms with Gasteiger partial charge >= 0.3 is 0 Å². The maximum absolute atomic E-state index is 14.2. The second-order valence-electron chi connectivity index (χ2n) is 7.44. The Hall–Kier alpha value is -3.03. The quantitative estimate of drug-likeness (QED) is 0.568. The monoisotopic (exact) mass is 391 g/mol. The Morgan fingerprint density at radius 1 is 0.931 bits per heavy atom. The molecule has 1 aliphatic heterocycles. The number of halogens is 1. The second-order valence-corrected chi connectivity index (χ2v) is 7.44. The largest absolute Gasteiger partial charge is 0.388 e. The van der Waals surface area contributed by atoms with Gasteiger partial charge in [0.1, 0.15) is 18.2 Å². The first-order valence-corrected chi connectivity index (χ1v) is 9.77. The molecule has 0 saturated heterocycles. The molecule has 29 heavy (non-hydrogen) atoms. The smallest absolute Gasteiger partial charge is 0.158 e. The van der Waals surface area contributed by atoms with E-state index in [0.29, 0.717) is 24.5 Å². The van der Waals surface area contributed by atoms with Crippen LogP contribution in [0.4, 0.5) is 4.39 Å². The molecule has 4 aromatic rings. The Morgan fingerprint density at radius 2 is 1.76 bits per heavy atom. The maximum atomic E-state index is 14.2. The number of fused-ring (bicyclic) bond motifs is 2. The number of para-hydroxylation sites is 1. The van der Waals surface area contributed by atoms with Crippen LogP contribution in [-0.2, 0) is 32.8 Å². The topological polar surface area (TPSA) is 59.1 Å². The number of aliphatic hydroxyl groups is 1. The Morgan fingerprint density at radius 3 is 2.62 bits per heavy atom. The van der Waals surface area contributed by atoms with Gasteiger partial charge in [0.25, 0.3) is 0 Å². The number of rotatable bonds is 5. The van der Waals surface area contributed by atoms with Crippen LogP contribution in [0.1, 0.15) is 22.8 Å². The van der Waals surface area contributed by atoms with Gasteiger partial charge in [0.2, 0.25) is 0 Å². The first-order valence-electron chi connectivity index (χ1n) is 9.77. The molecule has 1 N–H and O–H groups in total. The van der Waals surface area contributed by atoms with Crippen molar-refractivity contribution in [3.63, 3.8) is 0 Å². The van der Waals surface area contributed by atoms with Gasteiger partial charge in [0, 0.05) is 42.3 Å². The molecule has 0 saturated carbocycles. The molecule has 5 rings (SSSR count). The lowest BCUT2D eigenvalue weighted by Crippen LogP contribution is -2.34. The Labute approximate surface area is 167 Å². The van der Waals surface area contributed by atoms with Crippen molar-refractivity contribution in [3.8, 4) is 0 Å². The summed E-state index contributed by atoms with van der Waals surface area (Å²) in [6, 6.07) is 15.2. The summed E-state index contributed by atoms with van der Waals surface area (Å²) in [4.78, 5) is 2.33. The lowest BCUT2D eigenvalue weighted by Gasteiger charge is -2.27. The van der Waals surface area contributed by atoms with Gasteiger partial charge in [-0.05, 0) is 17.7 Å². The Kier molecular flexibility index (Phi) is 4.61. The second kappa shape index (κ2) is 7.42. The highest BCUT2D eigenvalue weighted by atomic mass is 19.1. The third-order valence-corrected chi connectivity index (χ3v) is 5.61. The van der Waals surface area contributed by atoms with Gasteiger partial charge in [-0.3, -0.25) is 4.90 Å². The number of benzene rings is 2. The minimum atomic E-state index is -0.179. The van der Waals surface area contributed by atoms with Crippen molar-refractivity contribution in [2.75, 3.05) is 6.54 Å². The number of nitrogens with zero attached hydrogens (tertiary/aromatic N) is 5. The first-order chi connectivity index (χ1) is 14.2. The molecule has 0 fully saturated rings. The van der Waals surface area contributed by atoms with E-state index in [2.05, 4.69) is 38.0 Å². The lowest BCUT2D eigenvalue weighted by atomic mass is 10.1. The molecule has 6 nitrogen and oxygen atoms in total. The summed E-state index contributed by atoms with van der Waals surface area (Å²) in [5.74, 6) is 1.33. The fourth-order valence-corrected chi connectivity index (χ4v) is 4.15. The standard InChI is InChI=1S/C22H22FN5O/c23-19-7-3-1-5-16(19)12-27-13-17(18-6-2-4-8-20(18)27)11-26-9-10-28-21(14-26)24-25-22(28)15-29/h1-8,13,29H,9-12,14-15H2. The van der Waals surface area contributed by atoms with E-state index in [0.717, 1.165) is 31.0 Å². The Balaban J connectivity index is 1.43. The molecule has 0 atom stereocenters. The SMILES string of the molecule is OCc1nnc2n1CCN(Cc1cn(Cc3ccccc3F)c3ccccc13)C2. The van der Waals surface area contributed by atoms with Gasteiger partial charge in [-0.25, -0.2) is 4.39 Å². The predicted molar refractivity (Wildman–Crippen MR) is 107 cm³/mol. The highest BCUT2D eigenvalue weighted by Gasteiger charge is 2.22. The number of aromatic nitrogens is 4. The van der Waals surface area contributed by atoms with Gasteiger partial charge in [-0.1, -0.05) is 36.4 Å². The van der Waals surface area contributed by atoms with E-state index in [9.17, 15) is 9.50 Å². The molecule has 0 radical (unpaired) electrons. The van der Waals surface area contributed by atoms with Crippen LogP contribution in [0.3, 0.4) is 0 Å². The fraction of sp³-hybridized carbons (Fsp3) is 0.273. The molecule has 0 unspecified atom stereocenters. The third kappa shape index (κ3) is 3.32. The van der Waals surface area contributed by atoms with Crippen LogP contribution < -0.4 is 0 Å². The van der Waals surface area contributed by atoms with Crippen LogP contribution in [-0.4, -0.2) is 35.9 Å². The summed E-state index contributed by atoms with van der Waals surface area (Å²) < 4.78 is 18.3. The van der Waals surface area contributed by atoms with E-state index in [1.54, 1.807) is 6.07 Å². The number of aliphatic hydroxyl groups excluding tert-OH is 1. The van der Waals surface area contributed by atoms with Gasteiger partial charge < -0.3 is 14.2 Å². The number of hydrogen-bond acceptors (Lipinski definition) is 4. The number of hydrogen-bond donors (Lipinski definition) is 1. The van der Waals surface area contributed by atoms with Crippen LogP contribution in [0.2, 0.25) is 0 Å². The van der Waals surface area contributed by atoms with E-state index in [1.807, 2.05) is 28.8 Å². The highest BCUT2D eigenvalue weighted by Crippen LogP contribution is 2.25. The van der Waals surface area contributed by atoms with Crippen LogP contribution in [0.15, 0.2) is 54.7 Å². The van der Waals surface area contributed by atoms with Gasteiger partial charge in [0.15, 0.2) is 5.82 Å². The third-order valence-electron chi connectivity index (χ3n) is 5.61. The zero-order chi connectivity index (χ0) is 19.8. The van der Waals surface area contributed by atoms with E-state index in [-0.39, 0.29) is 12.4 Å². The average Bonchev–Trinajstić information content (AvgIpc) is 3.31. The summed E-state index contributed by atoms with van der Waals surface area (Å²) >= 11 is 0. The molecule has 0 bridgehead atoms. The highest BCUT2D eigenvalue weighted by molar-refractivity contribution is 5.84. The molecular weight excluding hydrogens is 369 g/mol. The van der Waals surface area contributed by atoms with E-state index >= 15 is 0 Å². The molecule has 0 aliphatic carbocycles. The zero-order valence-corrected chi connectivity index (χ0v) is 16.0. The normalized spacial score (nSPS) is 14.4. The molecule has 7 heteroatoms. The molecule has 2 aromatic carbocycles. The van der Waals surface area contributed by atoms with Gasteiger partial charge in [0.05, 0.1) is 13.1 Å². The average molecular weight is 391 g/mol. The van der Waals surface area contributed by atoms with Crippen molar-refractivity contribution in [1.82, 2.24) is 24.2 Å². The van der Waals surface area contributed by atoms with Crippen molar-refractivity contribution in [3.05, 3.63) is 83.3 Å².